The van der Waals surface area contributed by atoms with E-state index in [1.807, 2.05) is 24.3 Å². The van der Waals surface area contributed by atoms with E-state index >= 15 is 0 Å². The summed E-state index contributed by atoms with van der Waals surface area (Å²) in [5.74, 6) is 1.58. The molecule has 1 fully saturated rings. The van der Waals surface area contributed by atoms with Crippen molar-refractivity contribution in [2.45, 2.75) is 19.4 Å². The number of carbonyl (C=O) groups excluding carboxylic acids is 1. The Morgan fingerprint density at radius 1 is 1.28 bits per heavy atom. The number of nitrogens with two attached hydrogens (primary N) is 1. The lowest BCUT2D eigenvalue weighted by Crippen LogP contribution is -2.24. The summed E-state index contributed by atoms with van der Waals surface area (Å²) < 4.78 is 11.1. The van der Waals surface area contributed by atoms with Crippen molar-refractivity contribution in [3.63, 3.8) is 0 Å². The molecule has 0 aromatic heterocycles. The van der Waals surface area contributed by atoms with Crippen molar-refractivity contribution in [2.24, 2.45) is 5.92 Å². The molecule has 1 saturated carbocycles. The van der Waals surface area contributed by atoms with Gasteiger partial charge in [-0.3, -0.25) is 4.79 Å². The average molecular weight is 361 g/mol. The fraction of sp³-hybridized carbons (Fsp3) is 0.316. The number of hydrogen-bond donors (Lipinski definition) is 2. The monoisotopic (exact) mass is 360 g/mol. The van der Waals surface area contributed by atoms with Gasteiger partial charge in [0.05, 0.1) is 30.0 Å². The molecule has 2 aromatic carbocycles. The lowest BCUT2D eigenvalue weighted by Gasteiger charge is -2.14. The van der Waals surface area contributed by atoms with Crippen LogP contribution < -0.4 is 20.5 Å². The number of anilines is 1. The number of nitrogens with one attached hydrogen (secondary N) is 1. The summed E-state index contributed by atoms with van der Waals surface area (Å²) in [5.41, 5.74) is 7.40. The topological polar surface area (TPSA) is 73.6 Å². The maximum Gasteiger partial charge on any atom is 0.255 e. The normalized spacial score (nSPS) is 13.4. The quantitative estimate of drug-likeness (QED) is 0.739. The third-order valence-electron chi connectivity index (χ3n) is 4.15. The van der Waals surface area contributed by atoms with Crippen LogP contribution in [0.3, 0.4) is 0 Å². The molecule has 0 spiro atoms. The van der Waals surface area contributed by atoms with Crippen molar-refractivity contribution in [2.75, 3.05) is 19.5 Å². The number of benzene rings is 2. The summed E-state index contributed by atoms with van der Waals surface area (Å²) in [6.07, 6.45) is 2.47. The highest BCUT2D eigenvalue weighted by Gasteiger charge is 2.22. The van der Waals surface area contributed by atoms with Gasteiger partial charge in [0, 0.05) is 18.2 Å². The van der Waals surface area contributed by atoms with Gasteiger partial charge in [0.2, 0.25) is 0 Å². The van der Waals surface area contributed by atoms with E-state index in [0.29, 0.717) is 34.5 Å². The van der Waals surface area contributed by atoms with E-state index in [0.717, 1.165) is 17.9 Å². The van der Waals surface area contributed by atoms with Crippen LogP contribution in [0.1, 0.15) is 28.8 Å². The summed E-state index contributed by atoms with van der Waals surface area (Å²) in [6, 6.07) is 10.8. The Labute approximate surface area is 152 Å². The van der Waals surface area contributed by atoms with Crippen LogP contribution in [0.2, 0.25) is 5.02 Å². The van der Waals surface area contributed by atoms with Gasteiger partial charge in [-0.15, -0.1) is 0 Å². The van der Waals surface area contributed by atoms with E-state index in [-0.39, 0.29) is 5.91 Å². The first-order valence-corrected chi connectivity index (χ1v) is 8.58. The fourth-order valence-corrected chi connectivity index (χ4v) is 2.63. The molecule has 1 aliphatic carbocycles. The van der Waals surface area contributed by atoms with Crippen molar-refractivity contribution >= 4 is 23.2 Å². The molecule has 5 nitrogen and oxygen atoms in total. The van der Waals surface area contributed by atoms with Gasteiger partial charge in [0.15, 0.2) is 0 Å². The Kier molecular flexibility index (Phi) is 5.34. The summed E-state index contributed by atoms with van der Waals surface area (Å²) in [7, 11) is 1.49. The molecule has 25 heavy (non-hydrogen) atoms. The average Bonchev–Trinajstić information content (AvgIpc) is 3.45. The van der Waals surface area contributed by atoms with Crippen molar-refractivity contribution in [1.82, 2.24) is 5.32 Å². The van der Waals surface area contributed by atoms with Gasteiger partial charge >= 0.3 is 0 Å². The minimum Gasteiger partial charge on any atom is -0.496 e. The van der Waals surface area contributed by atoms with Gasteiger partial charge in [-0.05, 0) is 30.9 Å². The van der Waals surface area contributed by atoms with Crippen LogP contribution in [0.25, 0.3) is 0 Å². The fourth-order valence-electron chi connectivity index (χ4n) is 2.47. The highest BCUT2D eigenvalue weighted by atomic mass is 35.5. The van der Waals surface area contributed by atoms with Gasteiger partial charge in [0.1, 0.15) is 11.5 Å². The number of amides is 1. The first-order chi connectivity index (χ1) is 12.1. The third kappa shape index (κ3) is 4.37. The molecule has 0 bridgehead atoms. The van der Waals surface area contributed by atoms with Gasteiger partial charge < -0.3 is 20.5 Å². The molecule has 6 heteroatoms. The smallest absolute Gasteiger partial charge is 0.255 e. The Morgan fingerprint density at radius 2 is 2.04 bits per heavy atom. The van der Waals surface area contributed by atoms with Gasteiger partial charge in [-0.25, -0.2) is 0 Å². The number of methoxy groups -OCH3 is 1. The van der Waals surface area contributed by atoms with Gasteiger partial charge in [0.25, 0.3) is 5.91 Å². The van der Waals surface area contributed by atoms with E-state index in [1.165, 1.54) is 26.0 Å². The van der Waals surface area contributed by atoms with E-state index in [9.17, 15) is 4.79 Å². The van der Waals surface area contributed by atoms with Crippen molar-refractivity contribution in [3.05, 3.63) is 52.5 Å². The molecule has 1 aliphatic rings. The van der Waals surface area contributed by atoms with E-state index in [2.05, 4.69) is 5.32 Å². The first kappa shape index (κ1) is 17.4. The van der Waals surface area contributed by atoms with Crippen LogP contribution in [0.15, 0.2) is 36.4 Å². The van der Waals surface area contributed by atoms with Crippen LogP contribution in [0.5, 0.6) is 11.5 Å². The van der Waals surface area contributed by atoms with Crippen molar-refractivity contribution in [3.8, 4) is 11.5 Å². The number of halogens is 1. The van der Waals surface area contributed by atoms with Crippen molar-refractivity contribution < 1.29 is 14.3 Å². The molecule has 3 N–H and O–H groups in total. The summed E-state index contributed by atoms with van der Waals surface area (Å²) in [5, 5.41) is 3.20. The predicted molar refractivity (Wildman–Crippen MR) is 98.2 cm³/mol. The summed E-state index contributed by atoms with van der Waals surface area (Å²) in [6.45, 7) is 1.08. The van der Waals surface area contributed by atoms with Crippen molar-refractivity contribution in [1.29, 1.82) is 0 Å². The Bertz CT molecular complexity index is 775. The second kappa shape index (κ2) is 7.66. The largest absolute Gasteiger partial charge is 0.496 e. The minimum atomic E-state index is -0.282. The molecule has 132 valence electrons. The molecular weight excluding hydrogens is 340 g/mol. The summed E-state index contributed by atoms with van der Waals surface area (Å²) in [4.78, 5) is 12.5. The van der Waals surface area contributed by atoms with E-state index in [1.54, 1.807) is 6.07 Å². The lowest BCUT2D eigenvalue weighted by atomic mass is 10.1. The molecule has 2 aromatic rings. The maximum absolute atomic E-state index is 12.5. The van der Waals surface area contributed by atoms with Crippen LogP contribution >= 0.6 is 11.6 Å². The second-order valence-electron chi connectivity index (χ2n) is 6.12. The standard InChI is InChI=1S/C19H21ClN2O3/c1-24-18-9-16(21)15(20)8-14(18)19(23)22-10-13-4-2-3-5-17(13)25-11-12-6-7-12/h2-5,8-9,12H,6-7,10-11,21H2,1H3,(H,22,23). The van der Waals surface area contributed by atoms with Crippen LogP contribution in [-0.4, -0.2) is 19.6 Å². The minimum absolute atomic E-state index is 0.282. The maximum atomic E-state index is 12.5. The number of nitrogen functional groups attached to an aromatic ring is 1. The zero-order valence-electron chi connectivity index (χ0n) is 14.0. The zero-order valence-corrected chi connectivity index (χ0v) is 14.8. The number of carbonyl (C=O) groups is 1. The predicted octanol–water partition coefficient (Wildman–Crippen LogP) is 3.65. The molecule has 0 radical (unpaired) electrons. The van der Waals surface area contributed by atoms with Gasteiger partial charge in [-0.1, -0.05) is 29.8 Å². The first-order valence-electron chi connectivity index (χ1n) is 8.20. The Balaban J connectivity index is 1.69. The molecule has 0 heterocycles. The highest BCUT2D eigenvalue weighted by Crippen LogP contribution is 2.31. The third-order valence-corrected chi connectivity index (χ3v) is 4.47. The number of hydrogen-bond acceptors (Lipinski definition) is 4. The molecule has 3 rings (SSSR count). The number of para-hydroxylation sites is 1. The molecule has 0 saturated heterocycles. The van der Waals surface area contributed by atoms with E-state index in [4.69, 9.17) is 26.8 Å². The van der Waals surface area contributed by atoms with E-state index < -0.39 is 0 Å². The second-order valence-corrected chi connectivity index (χ2v) is 6.53. The van der Waals surface area contributed by atoms with Gasteiger partial charge in [-0.2, -0.15) is 0 Å². The van der Waals surface area contributed by atoms with Crippen LogP contribution in [0.4, 0.5) is 5.69 Å². The van der Waals surface area contributed by atoms with Crippen LogP contribution in [-0.2, 0) is 6.54 Å². The molecule has 0 unspecified atom stereocenters. The summed E-state index contributed by atoms with van der Waals surface area (Å²) >= 11 is 6.03. The Morgan fingerprint density at radius 3 is 2.76 bits per heavy atom. The Hall–Kier alpha value is -2.40. The molecule has 0 aliphatic heterocycles. The number of ether oxygens (including phenoxy) is 2. The lowest BCUT2D eigenvalue weighted by molar-refractivity contribution is 0.0947. The molecular formula is C19H21ClN2O3. The molecule has 0 atom stereocenters. The number of rotatable bonds is 7. The zero-order chi connectivity index (χ0) is 17.8. The van der Waals surface area contributed by atoms with Crippen LogP contribution in [0, 0.1) is 5.92 Å². The molecule has 1 amide bonds. The highest BCUT2D eigenvalue weighted by molar-refractivity contribution is 6.33. The SMILES string of the molecule is COc1cc(N)c(Cl)cc1C(=O)NCc1ccccc1OCC1CC1.